The van der Waals surface area contributed by atoms with Crippen molar-refractivity contribution in [3.63, 3.8) is 0 Å². The lowest BCUT2D eigenvalue weighted by molar-refractivity contribution is -0.108. The molecule has 70 valence electrons. The van der Waals surface area contributed by atoms with Crippen molar-refractivity contribution >= 4 is 0 Å². The smallest absolute Gasteiger partial charge is 0.0700 e. The van der Waals surface area contributed by atoms with E-state index in [0.29, 0.717) is 12.3 Å². The van der Waals surface area contributed by atoms with Gasteiger partial charge in [-0.2, -0.15) is 0 Å². The van der Waals surface area contributed by atoms with E-state index in [1.54, 1.807) is 0 Å². The molecular weight excluding hydrogens is 152 g/mol. The molecule has 2 aliphatic rings. The Labute approximate surface area is 73.6 Å². The van der Waals surface area contributed by atoms with E-state index in [1.807, 2.05) is 0 Å². The Balaban J connectivity index is 2.07. The standard InChI is InChI=1S/C10H18O2/c11-9-5-4-8-3-1-2-6-10(8,12)7-9/h8-9,11-12H,1-7H2/t8-,9+,10+/m1/s1. The minimum absolute atomic E-state index is 0.246. The molecule has 2 heteroatoms. The van der Waals surface area contributed by atoms with E-state index in [2.05, 4.69) is 0 Å². The Morgan fingerprint density at radius 1 is 1.08 bits per heavy atom. The highest BCUT2D eigenvalue weighted by Gasteiger charge is 2.43. The van der Waals surface area contributed by atoms with Gasteiger partial charge in [-0.3, -0.25) is 0 Å². The number of hydrogen-bond donors (Lipinski definition) is 2. The van der Waals surface area contributed by atoms with Gasteiger partial charge in [-0.05, 0) is 31.6 Å². The van der Waals surface area contributed by atoms with Crippen LogP contribution in [0.4, 0.5) is 0 Å². The van der Waals surface area contributed by atoms with Crippen molar-refractivity contribution in [1.29, 1.82) is 0 Å². The molecule has 0 spiro atoms. The number of aliphatic hydroxyl groups is 2. The fraction of sp³-hybridized carbons (Fsp3) is 1.00. The normalized spacial score (nSPS) is 48.5. The third-order valence-electron chi connectivity index (χ3n) is 3.61. The molecule has 0 unspecified atom stereocenters. The monoisotopic (exact) mass is 170 g/mol. The summed E-state index contributed by atoms with van der Waals surface area (Å²) in [6.07, 6.45) is 6.78. The quantitative estimate of drug-likeness (QED) is 0.577. The number of fused-ring (bicyclic) bond motifs is 1. The lowest BCUT2D eigenvalue weighted by atomic mass is 9.67. The summed E-state index contributed by atoms with van der Waals surface area (Å²) in [4.78, 5) is 0. The summed E-state index contributed by atoms with van der Waals surface area (Å²) in [5, 5.41) is 19.7. The Morgan fingerprint density at radius 2 is 1.92 bits per heavy atom. The summed E-state index contributed by atoms with van der Waals surface area (Å²) < 4.78 is 0. The molecule has 0 radical (unpaired) electrons. The molecule has 2 aliphatic carbocycles. The molecule has 2 N–H and O–H groups in total. The summed E-state index contributed by atoms with van der Waals surface area (Å²) in [7, 11) is 0. The van der Waals surface area contributed by atoms with Gasteiger partial charge < -0.3 is 10.2 Å². The molecule has 2 fully saturated rings. The fourth-order valence-electron chi connectivity index (χ4n) is 2.88. The lowest BCUT2D eigenvalue weighted by Crippen LogP contribution is -2.47. The summed E-state index contributed by atoms with van der Waals surface area (Å²) in [5.41, 5.74) is -0.504. The zero-order chi connectivity index (χ0) is 8.60. The van der Waals surface area contributed by atoms with E-state index in [1.165, 1.54) is 12.8 Å². The maximum Gasteiger partial charge on any atom is 0.0700 e. The van der Waals surface area contributed by atoms with E-state index in [9.17, 15) is 10.2 Å². The van der Waals surface area contributed by atoms with Crippen molar-refractivity contribution in [3.05, 3.63) is 0 Å². The Kier molecular flexibility index (Phi) is 2.13. The third-order valence-corrected chi connectivity index (χ3v) is 3.61. The van der Waals surface area contributed by atoms with E-state index in [0.717, 1.165) is 25.7 Å². The first kappa shape index (κ1) is 8.52. The SMILES string of the molecule is O[C@H]1CC[C@H]2CCCC[C@]2(O)C1. The first-order chi connectivity index (χ1) is 5.71. The minimum atomic E-state index is -0.504. The van der Waals surface area contributed by atoms with Gasteiger partial charge in [0.1, 0.15) is 0 Å². The molecule has 0 saturated heterocycles. The van der Waals surface area contributed by atoms with Crippen molar-refractivity contribution in [1.82, 2.24) is 0 Å². The van der Waals surface area contributed by atoms with E-state index < -0.39 is 5.60 Å². The molecule has 0 aliphatic heterocycles. The van der Waals surface area contributed by atoms with E-state index in [-0.39, 0.29) is 6.10 Å². The lowest BCUT2D eigenvalue weighted by Gasteiger charge is -2.45. The first-order valence-electron chi connectivity index (χ1n) is 5.11. The van der Waals surface area contributed by atoms with Gasteiger partial charge in [-0.1, -0.05) is 12.8 Å². The number of aliphatic hydroxyl groups excluding tert-OH is 1. The van der Waals surface area contributed by atoms with Crippen molar-refractivity contribution in [2.24, 2.45) is 5.92 Å². The molecule has 0 aromatic rings. The second-order valence-corrected chi connectivity index (χ2v) is 4.48. The molecular formula is C10H18O2. The van der Waals surface area contributed by atoms with Crippen LogP contribution < -0.4 is 0 Å². The van der Waals surface area contributed by atoms with Crippen molar-refractivity contribution < 1.29 is 10.2 Å². The topological polar surface area (TPSA) is 40.5 Å². The number of rotatable bonds is 0. The molecule has 12 heavy (non-hydrogen) atoms. The highest BCUT2D eigenvalue weighted by molar-refractivity contribution is 4.95. The molecule has 0 amide bonds. The summed E-state index contributed by atoms with van der Waals surface area (Å²) >= 11 is 0. The molecule has 2 nitrogen and oxygen atoms in total. The van der Waals surface area contributed by atoms with Crippen LogP contribution in [0.1, 0.15) is 44.9 Å². The zero-order valence-corrected chi connectivity index (χ0v) is 7.50. The molecule has 0 aromatic heterocycles. The van der Waals surface area contributed by atoms with Crippen LogP contribution in [0.25, 0.3) is 0 Å². The Hall–Kier alpha value is -0.0800. The average Bonchev–Trinajstić information content (AvgIpc) is 2.02. The van der Waals surface area contributed by atoms with E-state index >= 15 is 0 Å². The van der Waals surface area contributed by atoms with Gasteiger partial charge in [0.2, 0.25) is 0 Å². The minimum Gasteiger partial charge on any atom is -0.393 e. The maximum absolute atomic E-state index is 10.2. The third kappa shape index (κ3) is 1.38. The van der Waals surface area contributed by atoms with Crippen molar-refractivity contribution in [3.8, 4) is 0 Å². The van der Waals surface area contributed by atoms with Gasteiger partial charge in [-0.25, -0.2) is 0 Å². The molecule has 2 saturated carbocycles. The molecule has 3 atom stereocenters. The van der Waals surface area contributed by atoms with Crippen LogP contribution in [-0.4, -0.2) is 21.9 Å². The van der Waals surface area contributed by atoms with Gasteiger partial charge in [0.15, 0.2) is 0 Å². The van der Waals surface area contributed by atoms with E-state index in [4.69, 9.17) is 0 Å². The summed E-state index contributed by atoms with van der Waals surface area (Å²) in [6, 6.07) is 0. The van der Waals surface area contributed by atoms with Crippen LogP contribution in [0.5, 0.6) is 0 Å². The molecule has 0 heterocycles. The average molecular weight is 170 g/mol. The van der Waals surface area contributed by atoms with Crippen LogP contribution in [0.3, 0.4) is 0 Å². The van der Waals surface area contributed by atoms with Crippen LogP contribution in [0.2, 0.25) is 0 Å². The summed E-state index contributed by atoms with van der Waals surface area (Å²) in [6.45, 7) is 0. The highest BCUT2D eigenvalue weighted by atomic mass is 16.3. The highest BCUT2D eigenvalue weighted by Crippen LogP contribution is 2.43. The largest absolute Gasteiger partial charge is 0.393 e. The Bertz CT molecular complexity index is 169. The second-order valence-electron chi connectivity index (χ2n) is 4.48. The fourth-order valence-corrected chi connectivity index (χ4v) is 2.88. The van der Waals surface area contributed by atoms with Crippen LogP contribution in [0, 0.1) is 5.92 Å². The predicted molar refractivity (Wildman–Crippen MR) is 46.8 cm³/mol. The zero-order valence-electron chi connectivity index (χ0n) is 7.50. The van der Waals surface area contributed by atoms with Crippen LogP contribution >= 0.6 is 0 Å². The van der Waals surface area contributed by atoms with Crippen LogP contribution in [0.15, 0.2) is 0 Å². The molecule has 0 aromatic carbocycles. The Morgan fingerprint density at radius 3 is 2.75 bits per heavy atom. The van der Waals surface area contributed by atoms with Crippen LogP contribution in [-0.2, 0) is 0 Å². The summed E-state index contributed by atoms with van der Waals surface area (Å²) in [5.74, 6) is 0.481. The van der Waals surface area contributed by atoms with Gasteiger partial charge in [0.05, 0.1) is 11.7 Å². The molecule has 0 bridgehead atoms. The van der Waals surface area contributed by atoms with Gasteiger partial charge >= 0.3 is 0 Å². The second kappa shape index (κ2) is 3.00. The number of hydrogen-bond acceptors (Lipinski definition) is 2. The van der Waals surface area contributed by atoms with Crippen molar-refractivity contribution in [2.45, 2.75) is 56.7 Å². The van der Waals surface area contributed by atoms with Gasteiger partial charge in [-0.15, -0.1) is 0 Å². The van der Waals surface area contributed by atoms with Gasteiger partial charge in [0.25, 0.3) is 0 Å². The maximum atomic E-state index is 10.2. The first-order valence-corrected chi connectivity index (χ1v) is 5.11. The predicted octanol–water partition coefficient (Wildman–Crippen LogP) is 1.45. The molecule has 2 rings (SSSR count). The van der Waals surface area contributed by atoms with Gasteiger partial charge in [0, 0.05) is 6.42 Å². The van der Waals surface area contributed by atoms with Crippen molar-refractivity contribution in [2.75, 3.05) is 0 Å².